The molecule has 0 saturated heterocycles. The van der Waals surface area contributed by atoms with Gasteiger partial charge in [0, 0.05) is 0 Å². The van der Waals surface area contributed by atoms with E-state index in [0.29, 0.717) is 0 Å². The second kappa shape index (κ2) is 6.45. The van der Waals surface area contributed by atoms with Crippen molar-refractivity contribution >= 4 is 6.16 Å². The van der Waals surface area contributed by atoms with Gasteiger partial charge in [0.2, 0.25) is 5.72 Å². The summed E-state index contributed by atoms with van der Waals surface area (Å²) >= 11 is 0. The number of hydrogen-bond acceptors (Lipinski definition) is 5. The van der Waals surface area contributed by atoms with Crippen LogP contribution in [-0.4, -0.2) is 24.0 Å². The summed E-state index contributed by atoms with van der Waals surface area (Å²) < 4.78 is 9.88. The molecule has 0 radical (unpaired) electrons. The number of hydrogen-bond donors (Lipinski definition) is 0. The molecule has 1 atom stereocenters. The zero-order valence-electron chi connectivity index (χ0n) is 11.0. The van der Waals surface area contributed by atoms with Crippen molar-refractivity contribution in [2.45, 2.75) is 65.8 Å². The van der Waals surface area contributed by atoms with Gasteiger partial charge in [0.15, 0.2) is 0 Å². The van der Waals surface area contributed by atoms with Crippen LogP contribution in [0, 0.1) is 0 Å². The molecule has 0 rings (SSSR count). The number of rotatable bonds is 5. The average Bonchev–Trinajstić information content (AvgIpc) is 2.11. The molecule has 5 nitrogen and oxygen atoms in total. The number of ether oxygens (including phenoxy) is 2. The van der Waals surface area contributed by atoms with Crippen LogP contribution in [0.4, 0.5) is 4.79 Å². The standard InChI is InChI=1S/C11H22N2O3/c1-7-9(4)12-13-11(5,6)16-10(14)15-8(2)3/h8-9H,7H2,1-6H3/b13-12+. The summed E-state index contributed by atoms with van der Waals surface area (Å²) in [5.41, 5.74) is -0.977. The molecular formula is C11H22N2O3. The van der Waals surface area contributed by atoms with Gasteiger partial charge in [-0.15, -0.1) is 5.11 Å². The Morgan fingerprint density at radius 1 is 1.31 bits per heavy atom. The third-order valence-corrected chi connectivity index (χ3v) is 1.75. The van der Waals surface area contributed by atoms with Crippen molar-refractivity contribution in [2.24, 2.45) is 10.2 Å². The molecule has 0 aliphatic heterocycles. The smallest absolute Gasteiger partial charge is 0.432 e. The van der Waals surface area contributed by atoms with E-state index < -0.39 is 11.9 Å². The first-order valence-electron chi connectivity index (χ1n) is 5.58. The minimum atomic E-state index is -0.977. The molecule has 0 heterocycles. The first kappa shape index (κ1) is 14.9. The summed E-state index contributed by atoms with van der Waals surface area (Å²) in [7, 11) is 0. The van der Waals surface area contributed by atoms with Gasteiger partial charge in [-0.05, 0) is 41.0 Å². The predicted molar refractivity (Wildman–Crippen MR) is 61.4 cm³/mol. The van der Waals surface area contributed by atoms with Crippen LogP contribution >= 0.6 is 0 Å². The van der Waals surface area contributed by atoms with Gasteiger partial charge < -0.3 is 9.47 Å². The van der Waals surface area contributed by atoms with E-state index in [4.69, 9.17) is 9.47 Å². The Labute approximate surface area is 97.2 Å². The van der Waals surface area contributed by atoms with Gasteiger partial charge in [-0.3, -0.25) is 0 Å². The molecule has 0 spiro atoms. The van der Waals surface area contributed by atoms with Gasteiger partial charge in [-0.2, -0.15) is 5.11 Å². The van der Waals surface area contributed by atoms with Crippen LogP contribution in [0.1, 0.15) is 48.0 Å². The van der Waals surface area contributed by atoms with E-state index in [0.717, 1.165) is 6.42 Å². The lowest BCUT2D eigenvalue weighted by Gasteiger charge is -2.20. The molecule has 0 aromatic carbocycles. The second-order valence-corrected chi connectivity index (χ2v) is 4.44. The lowest BCUT2D eigenvalue weighted by atomic mass is 10.3. The molecule has 0 aliphatic rings. The molecule has 0 aliphatic carbocycles. The SMILES string of the molecule is CCC(C)/N=N/C(C)(C)OC(=O)OC(C)C. The minimum Gasteiger partial charge on any atom is -0.432 e. The Morgan fingerprint density at radius 2 is 1.88 bits per heavy atom. The lowest BCUT2D eigenvalue weighted by molar-refractivity contribution is -0.0277. The Hall–Kier alpha value is -1.13. The van der Waals surface area contributed by atoms with E-state index in [9.17, 15) is 4.79 Å². The van der Waals surface area contributed by atoms with Crippen LogP contribution in [0.3, 0.4) is 0 Å². The highest BCUT2D eigenvalue weighted by Crippen LogP contribution is 2.14. The third kappa shape index (κ3) is 7.20. The van der Waals surface area contributed by atoms with Crippen molar-refractivity contribution in [1.82, 2.24) is 0 Å². The molecule has 0 bridgehead atoms. The number of nitrogens with zero attached hydrogens (tertiary/aromatic N) is 2. The molecular weight excluding hydrogens is 208 g/mol. The monoisotopic (exact) mass is 230 g/mol. The quantitative estimate of drug-likeness (QED) is 0.536. The molecule has 0 N–H and O–H groups in total. The summed E-state index contributed by atoms with van der Waals surface area (Å²) in [6, 6.07) is 0.129. The van der Waals surface area contributed by atoms with Crippen LogP contribution < -0.4 is 0 Å². The van der Waals surface area contributed by atoms with E-state index in [1.807, 2.05) is 13.8 Å². The zero-order valence-corrected chi connectivity index (χ0v) is 11.0. The molecule has 0 aromatic heterocycles. The van der Waals surface area contributed by atoms with Crippen molar-refractivity contribution in [3.8, 4) is 0 Å². The maximum absolute atomic E-state index is 11.2. The summed E-state index contributed by atoms with van der Waals surface area (Å²) in [5, 5.41) is 8.01. The van der Waals surface area contributed by atoms with Crippen LogP contribution in [0.5, 0.6) is 0 Å². The molecule has 94 valence electrons. The highest BCUT2D eigenvalue weighted by molar-refractivity contribution is 5.60. The topological polar surface area (TPSA) is 60.2 Å². The van der Waals surface area contributed by atoms with Crippen LogP contribution in [0.2, 0.25) is 0 Å². The highest BCUT2D eigenvalue weighted by Gasteiger charge is 2.23. The Kier molecular flexibility index (Phi) is 6.00. The summed E-state index contributed by atoms with van der Waals surface area (Å²) in [6.07, 6.45) is -0.0198. The van der Waals surface area contributed by atoms with E-state index >= 15 is 0 Å². The summed E-state index contributed by atoms with van der Waals surface area (Å²) in [6.45, 7) is 10.8. The van der Waals surface area contributed by atoms with Crippen LogP contribution in [0.25, 0.3) is 0 Å². The van der Waals surface area contributed by atoms with Crippen LogP contribution in [-0.2, 0) is 9.47 Å². The minimum absolute atomic E-state index is 0.129. The van der Waals surface area contributed by atoms with Gasteiger partial charge in [0.05, 0.1) is 12.1 Å². The largest absolute Gasteiger partial charge is 0.510 e. The molecule has 0 fully saturated rings. The molecule has 16 heavy (non-hydrogen) atoms. The maximum Gasteiger partial charge on any atom is 0.510 e. The van der Waals surface area contributed by atoms with Gasteiger partial charge in [-0.25, -0.2) is 4.79 Å². The van der Waals surface area contributed by atoms with E-state index in [-0.39, 0.29) is 12.1 Å². The van der Waals surface area contributed by atoms with Crippen molar-refractivity contribution in [3.63, 3.8) is 0 Å². The Bertz CT molecular complexity index is 250. The second-order valence-electron chi connectivity index (χ2n) is 4.44. The molecule has 0 saturated carbocycles. The van der Waals surface area contributed by atoms with Gasteiger partial charge in [0.1, 0.15) is 0 Å². The molecule has 1 unspecified atom stereocenters. The fourth-order valence-corrected chi connectivity index (χ4v) is 0.760. The molecule has 0 aromatic rings. The van der Waals surface area contributed by atoms with E-state index in [2.05, 4.69) is 10.2 Å². The van der Waals surface area contributed by atoms with E-state index in [1.54, 1.807) is 27.7 Å². The Morgan fingerprint density at radius 3 is 2.31 bits per heavy atom. The fourth-order valence-electron chi connectivity index (χ4n) is 0.760. The van der Waals surface area contributed by atoms with Crippen LogP contribution in [0.15, 0.2) is 10.2 Å². The average molecular weight is 230 g/mol. The van der Waals surface area contributed by atoms with Crippen molar-refractivity contribution in [1.29, 1.82) is 0 Å². The van der Waals surface area contributed by atoms with Gasteiger partial charge >= 0.3 is 6.16 Å². The molecule has 5 heteroatoms. The van der Waals surface area contributed by atoms with Crippen molar-refractivity contribution < 1.29 is 14.3 Å². The first-order chi connectivity index (χ1) is 7.26. The molecule has 0 amide bonds. The zero-order chi connectivity index (χ0) is 12.8. The lowest BCUT2D eigenvalue weighted by Crippen LogP contribution is -2.27. The maximum atomic E-state index is 11.2. The first-order valence-corrected chi connectivity index (χ1v) is 5.58. The summed E-state index contributed by atoms with van der Waals surface area (Å²) in [5.74, 6) is 0. The number of carbonyl (C=O) groups excluding carboxylic acids is 1. The third-order valence-electron chi connectivity index (χ3n) is 1.75. The highest BCUT2D eigenvalue weighted by atomic mass is 16.7. The predicted octanol–water partition coefficient (Wildman–Crippen LogP) is 3.53. The van der Waals surface area contributed by atoms with Gasteiger partial charge in [0.25, 0.3) is 0 Å². The fraction of sp³-hybridized carbons (Fsp3) is 0.909. The summed E-state index contributed by atoms with van der Waals surface area (Å²) in [4.78, 5) is 11.2. The Balaban J connectivity index is 4.23. The van der Waals surface area contributed by atoms with E-state index in [1.165, 1.54) is 0 Å². The van der Waals surface area contributed by atoms with Crippen molar-refractivity contribution in [3.05, 3.63) is 0 Å². The van der Waals surface area contributed by atoms with Crippen molar-refractivity contribution in [2.75, 3.05) is 0 Å². The van der Waals surface area contributed by atoms with Gasteiger partial charge in [-0.1, -0.05) is 6.92 Å². The normalized spacial score (nSPS) is 14.2. The number of carbonyl (C=O) groups is 1. The number of azo groups is 1.